The Morgan fingerprint density at radius 2 is 1.50 bits per heavy atom. The van der Waals surface area contributed by atoms with Gasteiger partial charge >= 0.3 is 11.9 Å². The highest BCUT2D eigenvalue weighted by Crippen LogP contribution is 2.17. The number of benzene rings is 1. The van der Waals surface area contributed by atoms with Crippen molar-refractivity contribution in [3.8, 4) is 0 Å². The molecular weight excluding hydrogens is 308 g/mol. The van der Waals surface area contributed by atoms with Crippen LogP contribution in [-0.2, 0) is 19.1 Å². The van der Waals surface area contributed by atoms with Crippen molar-refractivity contribution in [2.45, 2.75) is 13.8 Å². The van der Waals surface area contributed by atoms with Crippen LogP contribution in [0, 0.1) is 0 Å². The maximum Gasteiger partial charge on any atom is 0.347 e. The second-order valence-electron chi connectivity index (χ2n) is 4.73. The van der Waals surface area contributed by atoms with Crippen LogP contribution in [0.5, 0.6) is 0 Å². The fraction of sp³-hybridized carbons (Fsp3) is 0.222. The standard InChI is InChI=1S/C18H20N2O4/c1-3-23-17(21)16(18(22)24-4-2)14-20(19-12-8-9-13-19)15-10-6-5-7-11-15/h5-14H,3-4H2,1-2H3. The van der Waals surface area contributed by atoms with E-state index in [1.165, 1.54) is 6.20 Å². The van der Waals surface area contributed by atoms with E-state index in [0.29, 0.717) is 0 Å². The Morgan fingerprint density at radius 3 is 2.00 bits per heavy atom. The second kappa shape index (κ2) is 8.57. The Balaban J connectivity index is 2.47. The Hall–Kier alpha value is -3.02. The lowest BCUT2D eigenvalue weighted by Gasteiger charge is -2.23. The molecule has 0 aliphatic rings. The quantitative estimate of drug-likeness (QED) is 0.338. The van der Waals surface area contributed by atoms with Gasteiger partial charge in [0.15, 0.2) is 5.57 Å². The van der Waals surface area contributed by atoms with Gasteiger partial charge < -0.3 is 9.47 Å². The summed E-state index contributed by atoms with van der Waals surface area (Å²) in [5, 5.41) is 1.67. The summed E-state index contributed by atoms with van der Waals surface area (Å²) in [4.78, 5) is 24.3. The number of rotatable bonds is 7. The zero-order chi connectivity index (χ0) is 17.4. The van der Waals surface area contributed by atoms with Crippen LogP contribution in [0.3, 0.4) is 0 Å². The Kier molecular flexibility index (Phi) is 6.19. The molecule has 0 radical (unpaired) electrons. The van der Waals surface area contributed by atoms with Crippen LogP contribution in [0.1, 0.15) is 13.8 Å². The summed E-state index contributed by atoms with van der Waals surface area (Å²) < 4.78 is 11.7. The van der Waals surface area contributed by atoms with Gasteiger partial charge in [-0.05, 0) is 38.1 Å². The topological polar surface area (TPSA) is 60.8 Å². The van der Waals surface area contributed by atoms with Gasteiger partial charge in [0.1, 0.15) is 0 Å². The normalized spacial score (nSPS) is 9.92. The molecular formula is C18H20N2O4. The van der Waals surface area contributed by atoms with Gasteiger partial charge in [-0.2, -0.15) is 0 Å². The fourth-order valence-electron chi connectivity index (χ4n) is 2.05. The first-order valence-electron chi connectivity index (χ1n) is 7.71. The lowest BCUT2D eigenvalue weighted by Crippen LogP contribution is -2.27. The molecule has 2 rings (SSSR count). The first kappa shape index (κ1) is 17.3. The van der Waals surface area contributed by atoms with E-state index in [1.54, 1.807) is 35.9 Å². The summed E-state index contributed by atoms with van der Waals surface area (Å²) in [5.41, 5.74) is 0.607. The lowest BCUT2D eigenvalue weighted by molar-refractivity contribution is -0.146. The number of anilines is 1. The van der Waals surface area contributed by atoms with Crippen LogP contribution in [0.2, 0.25) is 0 Å². The highest BCUT2D eigenvalue weighted by Gasteiger charge is 2.23. The van der Waals surface area contributed by atoms with E-state index in [4.69, 9.17) is 9.47 Å². The van der Waals surface area contributed by atoms with Crippen LogP contribution in [0.4, 0.5) is 5.69 Å². The van der Waals surface area contributed by atoms with E-state index in [9.17, 15) is 9.59 Å². The summed E-state index contributed by atoms with van der Waals surface area (Å²) in [7, 11) is 0. The lowest BCUT2D eigenvalue weighted by atomic mass is 10.2. The zero-order valence-electron chi connectivity index (χ0n) is 13.7. The Bertz CT molecular complexity index is 673. The Labute approximate surface area is 140 Å². The van der Waals surface area contributed by atoms with Gasteiger partial charge in [-0.15, -0.1) is 0 Å². The maximum atomic E-state index is 12.2. The van der Waals surface area contributed by atoms with E-state index < -0.39 is 11.9 Å². The summed E-state index contributed by atoms with van der Waals surface area (Å²) >= 11 is 0. The largest absolute Gasteiger partial charge is 0.462 e. The molecule has 1 aromatic heterocycles. The minimum absolute atomic E-state index is 0.170. The van der Waals surface area contributed by atoms with Gasteiger partial charge in [-0.1, -0.05) is 18.2 Å². The molecule has 6 heteroatoms. The van der Waals surface area contributed by atoms with Crippen LogP contribution >= 0.6 is 0 Å². The van der Waals surface area contributed by atoms with Crippen molar-refractivity contribution in [3.05, 3.63) is 66.6 Å². The molecule has 1 aromatic carbocycles. The number of carbonyl (C=O) groups is 2. The molecule has 0 saturated heterocycles. The molecule has 0 aliphatic heterocycles. The molecule has 0 atom stereocenters. The van der Waals surface area contributed by atoms with Crippen molar-refractivity contribution in [2.75, 3.05) is 18.2 Å². The highest BCUT2D eigenvalue weighted by molar-refractivity contribution is 6.14. The molecule has 0 fully saturated rings. The van der Waals surface area contributed by atoms with Crippen molar-refractivity contribution in [2.24, 2.45) is 0 Å². The molecule has 24 heavy (non-hydrogen) atoms. The molecule has 0 unspecified atom stereocenters. The molecule has 126 valence electrons. The molecule has 0 saturated carbocycles. The van der Waals surface area contributed by atoms with E-state index in [0.717, 1.165) is 5.69 Å². The van der Waals surface area contributed by atoms with Crippen molar-refractivity contribution >= 4 is 17.6 Å². The van der Waals surface area contributed by atoms with Gasteiger partial charge in [0.2, 0.25) is 0 Å². The predicted octanol–water partition coefficient (Wildman–Crippen LogP) is 2.77. The van der Waals surface area contributed by atoms with Gasteiger partial charge in [0, 0.05) is 18.6 Å². The van der Waals surface area contributed by atoms with Crippen LogP contribution in [0.15, 0.2) is 66.6 Å². The van der Waals surface area contributed by atoms with Crippen molar-refractivity contribution < 1.29 is 19.1 Å². The summed E-state index contributed by atoms with van der Waals surface area (Å²) in [6.45, 7) is 3.71. The van der Waals surface area contributed by atoms with E-state index in [1.807, 2.05) is 42.5 Å². The summed E-state index contributed by atoms with van der Waals surface area (Å²) in [6, 6.07) is 13.0. The van der Waals surface area contributed by atoms with Crippen LogP contribution in [-0.4, -0.2) is 29.8 Å². The average Bonchev–Trinajstić information content (AvgIpc) is 3.11. The number of hydrogen-bond acceptors (Lipinski definition) is 5. The smallest absolute Gasteiger partial charge is 0.347 e. The van der Waals surface area contributed by atoms with E-state index in [-0.39, 0.29) is 18.8 Å². The predicted molar refractivity (Wildman–Crippen MR) is 90.1 cm³/mol. The number of esters is 2. The van der Waals surface area contributed by atoms with Gasteiger partial charge in [0.05, 0.1) is 18.9 Å². The van der Waals surface area contributed by atoms with Crippen LogP contribution < -0.4 is 5.01 Å². The number of carbonyl (C=O) groups excluding carboxylic acids is 2. The number of aromatic nitrogens is 1. The molecule has 0 bridgehead atoms. The molecule has 0 aliphatic carbocycles. The average molecular weight is 328 g/mol. The minimum Gasteiger partial charge on any atom is -0.462 e. The van der Waals surface area contributed by atoms with E-state index >= 15 is 0 Å². The second-order valence-corrected chi connectivity index (χ2v) is 4.73. The minimum atomic E-state index is -0.718. The van der Waals surface area contributed by atoms with Crippen molar-refractivity contribution in [1.29, 1.82) is 0 Å². The monoisotopic (exact) mass is 328 g/mol. The van der Waals surface area contributed by atoms with Gasteiger partial charge in [-0.3, -0.25) is 9.69 Å². The molecule has 0 amide bonds. The number of hydrogen-bond donors (Lipinski definition) is 0. The third kappa shape index (κ3) is 4.25. The van der Waals surface area contributed by atoms with Gasteiger partial charge in [0.25, 0.3) is 0 Å². The SMILES string of the molecule is CCOC(=O)C(=CN(c1ccccc1)n1cccc1)C(=O)OCC. The van der Waals surface area contributed by atoms with Crippen molar-refractivity contribution in [1.82, 2.24) is 4.68 Å². The zero-order valence-corrected chi connectivity index (χ0v) is 13.7. The Morgan fingerprint density at radius 1 is 0.958 bits per heavy atom. The fourth-order valence-corrected chi connectivity index (χ4v) is 2.05. The maximum absolute atomic E-state index is 12.2. The number of ether oxygens (including phenoxy) is 2. The molecule has 0 spiro atoms. The summed E-state index contributed by atoms with van der Waals surface area (Å²) in [6.07, 6.45) is 5.03. The first-order valence-corrected chi connectivity index (χ1v) is 7.71. The number of nitrogens with zero attached hydrogens (tertiary/aromatic N) is 2. The first-order chi connectivity index (χ1) is 11.7. The molecule has 6 nitrogen and oxygen atoms in total. The van der Waals surface area contributed by atoms with E-state index in [2.05, 4.69) is 0 Å². The summed E-state index contributed by atoms with van der Waals surface area (Å²) in [5.74, 6) is -1.44. The highest BCUT2D eigenvalue weighted by atomic mass is 16.6. The number of para-hydroxylation sites is 1. The van der Waals surface area contributed by atoms with Gasteiger partial charge in [-0.25, -0.2) is 9.59 Å². The molecule has 1 heterocycles. The van der Waals surface area contributed by atoms with Crippen molar-refractivity contribution in [3.63, 3.8) is 0 Å². The third-order valence-corrected chi connectivity index (χ3v) is 3.10. The molecule has 2 aromatic rings. The van der Waals surface area contributed by atoms with Crippen LogP contribution in [0.25, 0.3) is 0 Å². The third-order valence-electron chi connectivity index (χ3n) is 3.10. The molecule has 0 N–H and O–H groups in total.